The van der Waals surface area contributed by atoms with Gasteiger partial charge in [-0.25, -0.2) is 19.9 Å². The molecule has 0 amide bonds. The van der Waals surface area contributed by atoms with E-state index in [0.717, 1.165) is 144 Å². The van der Waals surface area contributed by atoms with Gasteiger partial charge in [-0.05, 0) is 172 Å². The molecule has 103 heavy (non-hydrogen) atoms. The van der Waals surface area contributed by atoms with Gasteiger partial charge in [-0.1, -0.05) is 226 Å². The second kappa shape index (κ2) is 25.4. The van der Waals surface area contributed by atoms with Crippen LogP contribution in [-0.4, -0.2) is 39.9 Å². The second-order valence-corrected chi connectivity index (χ2v) is 29.3. The van der Waals surface area contributed by atoms with Crippen LogP contribution in [0.4, 0.5) is 0 Å². The summed E-state index contributed by atoms with van der Waals surface area (Å²) in [5, 5.41) is 3.22. The fourth-order valence-corrected chi connectivity index (χ4v) is 14.0. The predicted molar refractivity (Wildman–Crippen MR) is 409 cm³/mol. The number of fused-ring (bicyclic) bond motifs is 28. The van der Waals surface area contributed by atoms with Crippen LogP contribution in [0.15, 0.2) is 212 Å². The van der Waals surface area contributed by atoms with Crippen LogP contribution in [-0.2, 0) is 55.2 Å². The van der Waals surface area contributed by atoms with Gasteiger partial charge in [0.1, 0.15) is 11.5 Å². The molecule has 0 saturated heterocycles. The van der Waals surface area contributed by atoms with Crippen LogP contribution in [0.3, 0.4) is 0 Å². The van der Waals surface area contributed by atoms with Crippen LogP contribution >= 0.6 is 0 Å². The van der Waals surface area contributed by atoms with Crippen molar-refractivity contribution >= 4 is 90.5 Å². The number of ether oxygens (including phenoxy) is 1. The van der Waals surface area contributed by atoms with Gasteiger partial charge in [0.05, 0.1) is 46.1 Å². The molecule has 0 fully saturated rings. The molecule has 0 radical (unpaired) electrons. The van der Waals surface area contributed by atoms with Crippen molar-refractivity contribution in [1.82, 2.24) is 59.8 Å². The summed E-state index contributed by atoms with van der Waals surface area (Å²) in [4.78, 5) is 64.5. The largest absolute Gasteiger partial charge is 2.00 e. The molecule has 0 unspecified atom stereocenters. The monoisotopic (exact) mass is 1430 g/mol. The van der Waals surface area contributed by atoms with E-state index in [9.17, 15) is 0 Å². The predicted octanol–water partition coefficient (Wildman–Crippen LogP) is 20.7. The maximum atomic E-state index is 6.90. The first-order valence-electron chi connectivity index (χ1n) is 34.2. The maximum absolute atomic E-state index is 6.90. The summed E-state index contributed by atoms with van der Waals surface area (Å²) in [5.74, 6) is 3.14. The molecule has 4 aliphatic rings. The third kappa shape index (κ3) is 11.9. The van der Waals surface area contributed by atoms with Crippen LogP contribution in [0.1, 0.15) is 102 Å². The summed E-state index contributed by atoms with van der Waals surface area (Å²) in [7, 11) is 0. The number of hydrogen-bond donors (Lipinski definition) is 0. The Morgan fingerprint density at radius 1 is 0.262 bits per heavy atom. The van der Waals surface area contributed by atoms with Crippen molar-refractivity contribution < 1.29 is 43.7 Å². The molecule has 488 valence electrons. The smallest absolute Gasteiger partial charge is 0.657 e. The van der Waals surface area contributed by atoms with E-state index in [4.69, 9.17) is 64.5 Å². The zero-order valence-electron chi connectivity index (χ0n) is 58.7. The average Bonchev–Trinajstić information content (AvgIpc) is 1.61. The molecule has 8 aromatic carbocycles. The molecule has 0 spiro atoms. The minimum Gasteiger partial charge on any atom is -0.657 e. The molecule has 6 aromatic heterocycles. The van der Waals surface area contributed by atoms with Crippen LogP contribution < -0.4 is 24.7 Å². The first-order chi connectivity index (χ1) is 48.9. The molecule has 18 rings (SSSR count). The van der Waals surface area contributed by atoms with Gasteiger partial charge in [0.25, 0.3) is 0 Å². The third-order valence-electron chi connectivity index (χ3n) is 19.4. The molecule has 0 saturated carbocycles. The van der Waals surface area contributed by atoms with E-state index in [-0.39, 0.29) is 55.2 Å². The van der Waals surface area contributed by atoms with Crippen LogP contribution in [0, 0.1) is 0 Å². The molecule has 0 atom stereocenters. The van der Waals surface area contributed by atoms with Crippen LogP contribution in [0.5, 0.6) is 11.5 Å². The Kier molecular flexibility index (Phi) is 16.3. The third-order valence-corrected chi connectivity index (χ3v) is 19.4. The van der Waals surface area contributed by atoms with Crippen molar-refractivity contribution in [2.75, 3.05) is 0 Å². The molecule has 0 N–H and O–H groups in total. The van der Waals surface area contributed by atoms with Gasteiger partial charge in [-0.2, -0.15) is 0 Å². The standard InChI is InChI=1S/C88H66N12O.2Zn/c1-86(2,3)53-27-33-58-62(45-53)82-94-78(58)93-79-59-34-28-54(87(4,5)6)46-63(59)83(95-79)100-84-64-47-55(88(7,8)9)29-35-60(64)80(96-84)98-85-65-48-57(32-36-61(65)81(97-82)99-85)101-56-30-25-52(26-31-56)77-72-43-41-70(91-72)75(50-21-15-11-16-22-50)68-39-37-66(89-68)74(49-19-13-10-14-20-49)67-38-40-69(90-67)76(51-23-17-12-18-24-51)71-42-44-73(77)92-71;;/h10-48H,1-9H3;;/q-4;2*+2. The molecule has 16 bridgehead atoms. The molecular weight excluding hydrogens is 1370 g/mol. The Balaban J connectivity index is 0.00000410. The second-order valence-electron chi connectivity index (χ2n) is 29.3. The van der Waals surface area contributed by atoms with Gasteiger partial charge < -0.3 is 44.6 Å². The number of hydrogen-bond acceptors (Lipinski definition) is 9. The molecule has 10 heterocycles. The average molecular weight is 1440 g/mol. The Bertz CT molecular complexity index is 6190. The number of aromatic nitrogens is 12. The van der Waals surface area contributed by atoms with Crippen molar-refractivity contribution in [2.24, 2.45) is 0 Å². The van der Waals surface area contributed by atoms with Gasteiger partial charge in [-0.3, -0.25) is 0 Å². The topological polar surface area (TPSA) is 169 Å². The van der Waals surface area contributed by atoms with Crippen molar-refractivity contribution in [3.63, 3.8) is 0 Å². The summed E-state index contributed by atoms with van der Waals surface area (Å²) < 4.78 is 6.90. The van der Waals surface area contributed by atoms with E-state index in [0.29, 0.717) is 62.8 Å². The van der Waals surface area contributed by atoms with E-state index in [1.54, 1.807) is 0 Å². The SMILES string of the molecule is CC(C)(C)c1ccc2c(c1)-c1nc-2nc2[n-]c(nc3nc(nc4[n-]c(n1)c1ccc(Oc5ccc(-c6c7nc(c(-c8ccccc8)c8ccc([n-]8)c(-c8ccccc8)c8nc(c(-c9ccccc9)c9ccc6[n-]9)C=C8)C=C7)cc5)cc41)-c1ccc(C(C)(C)C)cc1-3)c1cc(C(C)(C)C)ccc21.[Zn+2].[Zn+2]. The fraction of sp³-hybridized carbons (Fsp3) is 0.136. The Labute approximate surface area is 621 Å². The Morgan fingerprint density at radius 2 is 0.583 bits per heavy atom. The Hall–Kier alpha value is -11.2. The number of benzene rings is 8. The van der Waals surface area contributed by atoms with E-state index >= 15 is 0 Å². The van der Waals surface area contributed by atoms with Gasteiger partial charge in [0.2, 0.25) is 0 Å². The number of rotatable bonds is 6. The van der Waals surface area contributed by atoms with Crippen molar-refractivity contribution in [2.45, 2.75) is 78.6 Å². The molecule has 15 heteroatoms. The molecule has 0 aliphatic carbocycles. The molecule has 13 nitrogen and oxygen atoms in total. The fourth-order valence-electron chi connectivity index (χ4n) is 14.0. The van der Waals surface area contributed by atoms with E-state index < -0.39 is 0 Å². The quantitative estimate of drug-likeness (QED) is 0.144. The van der Waals surface area contributed by atoms with E-state index in [2.05, 4.69) is 250 Å². The summed E-state index contributed by atoms with van der Waals surface area (Å²) >= 11 is 0. The summed E-state index contributed by atoms with van der Waals surface area (Å²) in [6.45, 7) is 19.9. The Morgan fingerprint density at radius 3 is 0.971 bits per heavy atom. The minimum absolute atomic E-state index is 0. The first-order valence-corrected chi connectivity index (χ1v) is 34.2. The van der Waals surface area contributed by atoms with Gasteiger partial charge in [0, 0.05) is 44.8 Å². The zero-order chi connectivity index (χ0) is 68.6. The van der Waals surface area contributed by atoms with Crippen molar-refractivity contribution in [3.05, 3.63) is 252 Å². The summed E-state index contributed by atoms with van der Waals surface area (Å²) in [6, 6.07) is 72.9. The van der Waals surface area contributed by atoms with Crippen LogP contribution in [0.2, 0.25) is 0 Å². The van der Waals surface area contributed by atoms with Crippen molar-refractivity contribution in [1.29, 1.82) is 0 Å². The first kappa shape index (κ1) is 66.3. The minimum atomic E-state index is -0.167. The van der Waals surface area contributed by atoms with Gasteiger partial charge in [-0.15, -0.1) is 22.1 Å². The zero-order valence-corrected chi connectivity index (χ0v) is 64.6. The maximum Gasteiger partial charge on any atom is 2.00 e. The summed E-state index contributed by atoms with van der Waals surface area (Å²) in [6.07, 6.45) is 8.37. The van der Waals surface area contributed by atoms with E-state index in [1.165, 1.54) is 0 Å². The van der Waals surface area contributed by atoms with E-state index in [1.807, 2.05) is 48.5 Å². The summed E-state index contributed by atoms with van der Waals surface area (Å²) in [5.41, 5.74) is 22.0. The molecule has 14 aromatic rings. The van der Waals surface area contributed by atoms with Gasteiger partial charge >= 0.3 is 39.0 Å². The number of nitrogens with zero attached hydrogens (tertiary/aromatic N) is 12. The van der Waals surface area contributed by atoms with Gasteiger partial charge in [0.15, 0.2) is 0 Å². The van der Waals surface area contributed by atoms with Crippen molar-refractivity contribution in [3.8, 4) is 102 Å². The molecule has 4 aliphatic heterocycles. The molecular formula is C88H66N12OZn2. The van der Waals surface area contributed by atoms with Crippen LogP contribution in [0.25, 0.3) is 181 Å². The normalized spacial score (nSPS) is 12.5.